The summed E-state index contributed by atoms with van der Waals surface area (Å²) in [6, 6.07) is 6.60. The molecular formula is C15H16FN5. The third-order valence-corrected chi connectivity index (χ3v) is 3.92. The third-order valence-electron chi connectivity index (χ3n) is 3.92. The second-order valence-corrected chi connectivity index (χ2v) is 5.27. The molecule has 2 aromatic rings. The monoisotopic (exact) mass is 285 g/mol. The average Bonchev–Trinajstić information content (AvgIpc) is 3.02. The second-order valence-electron chi connectivity index (χ2n) is 5.27. The summed E-state index contributed by atoms with van der Waals surface area (Å²) in [5.41, 5.74) is 1.25. The molecule has 1 aromatic heterocycles. The zero-order valence-corrected chi connectivity index (χ0v) is 11.6. The van der Waals surface area contributed by atoms with Crippen molar-refractivity contribution in [2.45, 2.75) is 31.8 Å². The van der Waals surface area contributed by atoms with E-state index < -0.39 is 0 Å². The van der Waals surface area contributed by atoms with E-state index in [1.165, 1.54) is 24.5 Å². The highest BCUT2D eigenvalue weighted by Crippen LogP contribution is 2.30. The summed E-state index contributed by atoms with van der Waals surface area (Å²) in [7, 11) is 0. The number of piperidine rings is 1. The summed E-state index contributed by atoms with van der Waals surface area (Å²) in [6.07, 6.45) is 4.73. The fourth-order valence-corrected chi connectivity index (χ4v) is 2.89. The Morgan fingerprint density at radius 2 is 2.33 bits per heavy atom. The molecule has 0 spiro atoms. The molecule has 1 aromatic carbocycles. The normalized spacial score (nSPS) is 19.3. The Morgan fingerprint density at radius 3 is 3.10 bits per heavy atom. The smallest absolute Gasteiger partial charge is 0.141 e. The van der Waals surface area contributed by atoms with E-state index >= 15 is 0 Å². The zero-order chi connectivity index (χ0) is 14.7. The summed E-state index contributed by atoms with van der Waals surface area (Å²) < 4.78 is 13.5. The fourth-order valence-electron chi connectivity index (χ4n) is 2.89. The number of nitrogens with one attached hydrogen (secondary N) is 1. The maximum atomic E-state index is 13.5. The van der Waals surface area contributed by atoms with Gasteiger partial charge in [0.25, 0.3) is 0 Å². The van der Waals surface area contributed by atoms with E-state index in [-0.39, 0.29) is 11.9 Å². The molecule has 1 atom stereocenters. The van der Waals surface area contributed by atoms with Gasteiger partial charge in [-0.25, -0.2) is 9.37 Å². The quantitative estimate of drug-likeness (QED) is 0.941. The molecule has 3 rings (SSSR count). The van der Waals surface area contributed by atoms with Crippen LogP contribution >= 0.6 is 0 Å². The minimum atomic E-state index is -0.308. The lowest BCUT2D eigenvalue weighted by atomic mass is 9.99. The second kappa shape index (κ2) is 6.02. The van der Waals surface area contributed by atoms with Gasteiger partial charge in [0.15, 0.2) is 0 Å². The van der Waals surface area contributed by atoms with Crippen LogP contribution < -0.4 is 0 Å². The van der Waals surface area contributed by atoms with Crippen LogP contribution in [0.2, 0.25) is 0 Å². The predicted molar refractivity (Wildman–Crippen MR) is 74.5 cm³/mol. The molecule has 1 N–H and O–H groups in total. The van der Waals surface area contributed by atoms with Gasteiger partial charge in [-0.3, -0.25) is 10.00 Å². The molecule has 108 valence electrons. The van der Waals surface area contributed by atoms with Crippen molar-refractivity contribution in [3.63, 3.8) is 0 Å². The Morgan fingerprint density at radius 1 is 1.43 bits per heavy atom. The van der Waals surface area contributed by atoms with Crippen LogP contribution in [-0.2, 0) is 6.54 Å². The van der Waals surface area contributed by atoms with Gasteiger partial charge in [-0.2, -0.15) is 10.4 Å². The van der Waals surface area contributed by atoms with Crippen molar-refractivity contribution >= 4 is 0 Å². The maximum absolute atomic E-state index is 13.5. The van der Waals surface area contributed by atoms with Gasteiger partial charge in [-0.05, 0) is 43.1 Å². The van der Waals surface area contributed by atoms with Crippen LogP contribution in [0, 0.1) is 17.1 Å². The lowest BCUT2D eigenvalue weighted by Crippen LogP contribution is -2.33. The number of hydrogen-bond acceptors (Lipinski definition) is 4. The molecule has 1 aliphatic rings. The van der Waals surface area contributed by atoms with E-state index in [4.69, 9.17) is 5.26 Å². The molecule has 5 nitrogen and oxygen atoms in total. The Kier molecular flexibility index (Phi) is 3.93. The molecule has 0 bridgehead atoms. The number of halogens is 1. The van der Waals surface area contributed by atoms with Gasteiger partial charge in [0.1, 0.15) is 18.0 Å². The molecule has 0 saturated carbocycles. The summed E-state index contributed by atoms with van der Waals surface area (Å²) in [5, 5.41) is 16.0. The highest BCUT2D eigenvalue weighted by Gasteiger charge is 2.26. The summed E-state index contributed by atoms with van der Waals surface area (Å²) in [5.74, 6) is 0.529. The standard InChI is InChI=1S/C15H16FN5/c16-13-5-4-11(8-17)12(7-13)9-21-6-2-1-3-14(21)15-18-10-19-20-15/h4-5,7,10,14H,1-3,6,9H2,(H,18,19,20). The number of aromatic nitrogens is 3. The van der Waals surface area contributed by atoms with E-state index in [0.29, 0.717) is 12.1 Å². The third kappa shape index (κ3) is 2.93. The van der Waals surface area contributed by atoms with Crippen molar-refractivity contribution in [2.75, 3.05) is 6.54 Å². The summed E-state index contributed by atoms with van der Waals surface area (Å²) in [6.45, 7) is 1.46. The number of benzene rings is 1. The van der Waals surface area contributed by atoms with Crippen LogP contribution in [0.1, 0.15) is 42.3 Å². The molecular weight excluding hydrogens is 269 g/mol. The minimum absolute atomic E-state index is 0.149. The molecule has 0 radical (unpaired) electrons. The topological polar surface area (TPSA) is 68.6 Å². The van der Waals surface area contributed by atoms with Crippen LogP contribution in [-0.4, -0.2) is 26.6 Å². The predicted octanol–water partition coefficient (Wildman–Crippen LogP) is 2.54. The Bertz CT molecular complexity index is 647. The molecule has 1 aliphatic heterocycles. The number of aromatic amines is 1. The Hall–Kier alpha value is -2.26. The first-order valence-corrected chi connectivity index (χ1v) is 7.06. The maximum Gasteiger partial charge on any atom is 0.141 e. The number of H-pyrrole nitrogens is 1. The van der Waals surface area contributed by atoms with Crippen molar-refractivity contribution in [1.29, 1.82) is 5.26 Å². The van der Waals surface area contributed by atoms with Gasteiger partial charge >= 0.3 is 0 Å². The number of hydrogen-bond donors (Lipinski definition) is 1. The van der Waals surface area contributed by atoms with Gasteiger partial charge in [-0.1, -0.05) is 6.42 Å². The first kappa shape index (κ1) is 13.7. The molecule has 1 unspecified atom stereocenters. The van der Waals surface area contributed by atoms with Gasteiger partial charge in [-0.15, -0.1) is 0 Å². The molecule has 21 heavy (non-hydrogen) atoms. The highest BCUT2D eigenvalue weighted by molar-refractivity contribution is 5.37. The average molecular weight is 285 g/mol. The van der Waals surface area contributed by atoms with Crippen LogP contribution in [0.5, 0.6) is 0 Å². The Labute approximate surface area is 122 Å². The number of rotatable bonds is 3. The number of likely N-dealkylation sites (tertiary alicyclic amines) is 1. The SMILES string of the molecule is N#Cc1ccc(F)cc1CN1CCCCC1c1ncn[nH]1. The fraction of sp³-hybridized carbons (Fsp3) is 0.400. The molecule has 1 saturated heterocycles. The van der Waals surface area contributed by atoms with Crippen molar-refractivity contribution in [3.8, 4) is 6.07 Å². The highest BCUT2D eigenvalue weighted by atomic mass is 19.1. The van der Waals surface area contributed by atoms with Gasteiger partial charge < -0.3 is 0 Å². The van der Waals surface area contributed by atoms with Crippen LogP contribution in [0.3, 0.4) is 0 Å². The summed E-state index contributed by atoms with van der Waals surface area (Å²) in [4.78, 5) is 6.48. The van der Waals surface area contributed by atoms with Gasteiger partial charge in [0.05, 0.1) is 17.7 Å². The zero-order valence-electron chi connectivity index (χ0n) is 11.6. The van der Waals surface area contributed by atoms with E-state index in [1.807, 2.05) is 0 Å². The van der Waals surface area contributed by atoms with Crippen LogP contribution in [0.4, 0.5) is 4.39 Å². The van der Waals surface area contributed by atoms with Crippen molar-refractivity contribution in [3.05, 3.63) is 47.3 Å². The van der Waals surface area contributed by atoms with E-state index in [0.717, 1.165) is 37.2 Å². The number of nitriles is 1. The first-order valence-electron chi connectivity index (χ1n) is 7.06. The van der Waals surface area contributed by atoms with Crippen LogP contribution in [0.15, 0.2) is 24.5 Å². The minimum Gasteiger partial charge on any atom is -0.289 e. The van der Waals surface area contributed by atoms with E-state index in [2.05, 4.69) is 26.2 Å². The molecule has 0 aliphatic carbocycles. The van der Waals surface area contributed by atoms with Crippen molar-refractivity contribution in [2.24, 2.45) is 0 Å². The van der Waals surface area contributed by atoms with E-state index in [9.17, 15) is 4.39 Å². The van der Waals surface area contributed by atoms with Crippen molar-refractivity contribution in [1.82, 2.24) is 20.1 Å². The lowest BCUT2D eigenvalue weighted by Gasteiger charge is -2.34. The van der Waals surface area contributed by atoms with E-state index in [1.54, 1.807) is 0 Å². The summed E-state index contributed by atoms with van der Waals surface area (Å²) >= 11 is 0. The first-order chi connectivity index (χ1) is 10.3. The van der Waals surface area contributed by atoms with Gasteiger partial charge in [0.2, 0.25) is 0 Å². The number of nitrogens with zero attached hydrogens (tertiary/aromatic N) is 4. The largest absolute Gasteiger partial charge is 0.289 e. The molecule has 0 amide bonds. The van der Waals surface area contributed by atoms with Crippen molar-refractivity contribution < 1.29 is 4.39 Å². The Balaban J connectivity index is 1.85. The molecule has 2 heterocycles. The molecule has 1 fully saturated rings. The van der Waals surface area contributed by atoms with Gasteiger partial charge in [0, 0.05) is 6.54 Å². The van der Waals surface area contributed by atoms with Crippen LogP contribution in [0.25, 0.3) is 0 Å². The molecule has 6 heteroatoms. The lowest BCUT2D eigenvalue weighted by molar-refractivity contribution is 0.134.